The lowest BCUT2D eigenvalue weighted by Gasteiger charge is -2.37. The molecule has 0 unspecified atom stereocenters. The lowest BCUT2D eigenvalue weighted by Crippen LogP contribution is -2.62. The number of rotatable bonds is 11. The molecule has 13 heteroatoms. The van der Waals surface area contributed by atoms with Crippen molar-refractivity contribution >= 4 is 40.2 Å². The first kappa shape index (κ1) is 46.7. The molecule has 3 N–H and O–H groups in total. The summed E-state index contributed by atoms with van der Waals surface area (Å²) in [7, 11) is 3.68. The molecule has 3 amide bonds. The highest BCUT2D eigenvalue weighted by molar-refractivity contribution is 5.96. The van der Waals surface area contributed by atoms with Crippen molar-refractivity contribution in [1.82, 2.24) is 35.4 Å². The van der Waals surface area contributed by atoms with Gasteiger partial charge < -0.3 is 29.6 Å². The van der Waals surface area contributed by atoms with Gasteiger partial charge in [-0.25, -0.2) is 5.43 Å². The maximum atomic E-state index is 14.7. The molecule has 7 rings (SSSR count). The number of methoxy groups -OCH3 is 1. The number of aryl methyl sites for hydroxylation is 1. The Balaban J connectivity index is 1.28. The van der Waals surface area contributed by atoms with Crippen LogP contribution in [0.3, 0.4) is 0 Å². The summed E-state index contributed by atoms with van der Waals surface area (Å²) in [5.74, 6) is -0.881. The molecule has 0 radical (unpaired) electrons. The van der Waals surface area contributed by atoms with E-state index in [4.69, 9.17) is 9.47 Å². The average Bonchev–Trinajstić information content (AvgIpc) is 3.88. The largest absolute Gasteiger partial charge is 0.464 e. The number of nitrogens with zero attached hydrogens (tertiary/aromatic N) is 4. The number of cyclic esters (lactones) is 1. The number of allylic oxidation sites excluding steroid dienone is 2. The highest BCUT2D eigenvalue weighted by Crippen LogP contribution is 2.40. The molecule has 2 saturated heterocycles. The standard InChI is InChI=1S/C51H69N7O6/c1-10-44(59)56-24-21-35(30-56)29-55(8)46(32(3)4)48(60)53-42-26-34-15-12-16-36(25-34)37-19-20-43-39(27-37)40(47(57(43)11-2)38-17-13-22-52-45(38)33(5)63-9)28-51(6,7)31-64-50(62)41-18-14-23-58(54-41)49(42)61/h10,12-13,15-17,19-20,25,27,32-33,35,41-42,46,52,54H,1,11,14,18,21-24,26,28-31H2,2-9H3,(H,53,60)/t33-,35+,41-,42-,46-/m0/s1. The van der Waals surface area contributed by atoms with Crippen molar-refractivity contribution in [3.05, 3.63) is 89.8 Å². The SMILES string of the molecule is C=CC(=O)N1CC[C@H](CN(C)[C@H](C(=O)N[C@H]2Cc3cccc(c3)-c3ccc4c(c3)c(c(C3=C([C@H](C)OC)NCC=C3)n4CC)CC(C)(C)COC(=O)[C@@H]3CCCN(N3)C2=O)C(C)C)C1. The lowest BCUT2D eigenvalue weighted by molar-refractivity contribution is -0.155. The van der Waals surface area contributed by atoms with Gasteiger partial charge in [-0.1, -0.05) is 76.8 Å². The van der Waals surface area contributed by atoms with E-state index in [-0.39, 0.29) is 48.7 Å². The minimum atomic E-state index is -0.922. The zero-order chi connectivity index (χ0) is 45.9. The van der Waals surface area contributed by atoms with Gasteiger partial charge in [-0.15, -0.1) is 0 Å². The number of likely N-dealkylation sites (N-methyl/N-ethyl adjacent to an activating group) is 1. The van der Waals surface area contributed by atoms with Crippen molar-refractivity contribution < 1.29 is 28.7 Å². The predicted molar refractivity (Wildman–Crippen MR) is 252 cm³/mol. The fourth-order valence-electron chi connectivity index (χ4n) is 10.3. The second kappa shape index (κ2) is 19.9. The Morgan fingerprint density at radius 2 is 1.88 bits per heavy atom. The number of hydrazine groups is 1. The molecule has 2 aromatic carbocycles. The van der Waals surface area contributed by atoms with Crippen LogP contribution in [0.2, 0.25) is 0 Å². The topological polar surface area (TPSA) is 137 Å². The van der Waals surface area contributed by atoms with Gasteiger partial charge in [0.25, 0.3) is 5.91 Å². The van der Waals surface area contributed by atoms with Crippen LogP contribution in [0.15, 0.2) is 73.0 Å². The van der Waals surface area contributed by atoms with Gasteiger partial charge in [-0.3, -0.25) is 29.1 Å². The number of dihydropyridines is 1. The molecule has 0 spiro atoms. The van der Waals surface area contributed by atoms with Crippen molar-refractivity contribution in [2.24, 2.45) is 17.3 Å². The Kier molecular flexibility index (Phi) is 14.5. The lowest BCUT2D eigenvalue weighted by atomic mass is 9.83. The number of benzene rings is 2. The number of likely N-dealkylation sites (tertiary alicyclic amines) is 1. The van der Waals surface area contributed by atoms with Crippen LogP contribution in [-0.2, 0) is 48.0 Å². The highest BCUT2D eigenvalue weighted by atomic mass is 16.5. The molecule has 5 atom stereocenters. The number of hydrogen-bond donors (Lipinski definition) is 3. The van der Waals surface area contributed by atoms with Gasteiger partial charge in [-0.2, -0.15) is 0 Å². The first-order valence-electron chi connectivity index (χ1n) is 23.2. The number of nitrogens with one attached hydrogen (secondary N) is 3. The van der Waals surface area contributed by atoms with Gasteiger partial charge in [-0.05, 0) is 98.9 Å². The average molecular weight is 876 g/mol. The minimum absolute atomic E-state index is 0.0639. The van der Waals surface area contributed by atoms with Crippen LogP contribution in [0.5, 0.6) is 0 Å². The van der Waals surface area contributed by atoms with Gasteiger partial charge in [0, 0.05) is 80.4 Å². The summed E-state index contributed by atoms with van der Waals surface area (Å²) in [4.78, 5) is 59.3. The Labute approximate surface area is 379 Å². The van der Waals surface area contributed by atoms with Crippen molar-refractivity contribution in [2.75, 3.05) is 53.5 Å². The van der Waals surface area contributed by atoms with Crippen LogP contribution < -0.4 is 16.1 Å². The summed E-state index contributed by atoms with van der Waals surface area (Å²) >= 11 is 0. The third-order valence-electron chi connectivity index (χ3n) is 13.5. The van der Waals surface area contributed by atoms with Gasteiger partial charge in [0.2, 0.25) is 11.8 Å². The van der Waals surface area contributed by atoms with Crippen LogP contribution in [0.1, 0.15) is 77.6 Å². The van der Waals surface area contributed by atoms with E-state index in [0.717, 1.165) is 57.5 Å². The van der Waals surface area contributed by atoms with Crippen molar-refractivity contribution in [2.45, 2.75) is 104 Å². The molecule has 344 valence electrons. The number of esters is 1. The van der Waals surface area contributed by atoms with E-state index >= 15 is 0 Å². The summed E-state index contributed by atoms with van der Waals surface area (Å²) in [5, 5.41) is 9.43. The summed E-state index contributed by atoms with van der Waals surface area (Å²) in [6.07, 6.45) is 8.40. The Morgan fingerprint density at radius 3 is 2.61 bits per heavy atom. The molecule has 0 saturated carbocycles. The maximum Gasteiger partial charge on any atom is 0.324 e. The molecule has 2 fully saturated rings. The third kappa shape index (κ3) is 10.0. The smallest absolute Gasteiger partial charge is 0.324 e. The predicted octanol–water partition coefficient (Wildman–Crippen LogP) is 5.87. The molecule has 1 aromatic heterocycles. The van der Waals surface area contributed by atoms with E-state index in [1.165, 1.54) is 16.6 Å². The zero-order valence-electron chi connectivity index (χ0n) is 39.2. The number of carbonyl (C=O) groups is 4. The van der Waals surface area contributed by atoms with Crippen molar-refractivity contribution in [3.63, 3.8) is 0 Å². The monoisotopic (exact) mass is 876 g/mol. The normalized spacial score (nSPS) is 22.6. The molecular formula is C51H69N7O6. The van der Waals surface area contributed by atoms with E-state index in [1.807, 2.05) is 33.0 Å². The van der Waals surface area contributed by atoms with Crippen LogP contribution in [-0.4, -0.2) is 121 Å². The molecule has 64 heavy (non-hydrogen) atoms. The number of hydrogen-bond acceptors (Lipinski definition) is 9. The van der Waals surface area contributed by atoms with E-state index < -0.39 is 29.5 Å². The minimum Gasteiger partial charge on any atom is -0.464 e. The van der Waals surface area contributed by atoms with Crippen molar-refractivity contribution in [3.8, 4) is 11.1 Å². The second-order valence-corrected chi connectivity index (χ2v) is 19.3. The number of amides is 3. The molecule has 4 aliphatic rings. The molecule has 3 aromatic rings. The zero-order valence-corrected chi connectivity index (χ0v) is 39.2. The van der Waals surface area contributed by atoms with Gasteiger partial charge in [0.1, 0.15) is 12.1 Å². The Bertz CT molecular complexity index is 2310. The molecule has 4 aliphatic heterocycles. The number of aromatic nitrogens is 1. The summed E-state index contributed by atoms with van der Waals surface area (Å²) < 4.78 is 14.4. The summed E-state index contributed by atoms with van der Waals surface area (Å²) in [6, 6.07) is 12.7. The molecular weight excluding hydrogens is 807 g/mol. The Morgan fingerprint density at radius 1 is 1.09 bits per heavy atom. The van der Waals surface area contributed by atoms with E-state index in [0.29, 0.717) is 52.0 Å². The van der Waals surface area contributed by atoms with Crippen LogP contribution >= 0.6 is 0 Å². The highest BCUT2D eigenvalue weighted by Gasteiger charge is 2.38. The maximum absolute atomic E-state index is 14.7. The van der Waals surface area contributed by atoms with E-state index in [1.54, 1.807) is 12.0 Å². The van der Waals surface area contributed by atoms with Gasteiger partial charge >= 0.3 is 5.97 Å². The van der Waals surface area contributed by atoms with Gasteiger partial charge in [0.15, 0.2) is 0 Å². The van der Waals surface area contributed by atoms with Crippen LogP contribution in [0.25, 0.3) is 27.6 Å². The molecule has 0 aliphatic carbocycles. The molecule has 6 bridgehead atoms. The molecule has 13 nitrogen and oxygen atoms in total. The quantitative estimate of drug-likeness (QED) is 0.160. The number of carbonyl (C=O) groups excluding carboxylic acids is 4. The van der Waals surface area contributed by atoms with E-state index in [2.05, 4.69) is 102 Å². The second-order valence-electron chi connectivity index (χ2n) is 19.3. The fourth-order valence-corrected chi connectivity index (χ4v) is 10.3. The summed E-state index contributed by atoms with van der Waals surface area (Å²) in [6.45, 7) is 20.1. The number of fused-ring (bicyclic) bond motifs is 6. The first-order chi connectivity index (χ1) is 30.6. The van der Waals surface area contributed by atoms with Crippen molar-refractivity contribution in [1.29, 1.82) is 0 Å². The summed E-state index contributed by atoms with van der Waals surface area (Å²) in [5.41, 5.74) is 11.2. The number of ether oxygens (including phenoxy) is 2. The Hall–Kier alpha value is -5.24. The first-order valence-corrected chi connectivity index (χ1v) is 23.2. The fraction of sp³-hybridized carbons (Fsp3) is 0.529. The van der Waals surface area contributed by atoms with Gasteiger partial charge in [0.05, 0.1) is 24.4 Å². The van der Waals surface area contributed by atoms with Crippen LogP contribution in [0.4, 0.5) is 0 Å². The van der Waals surface area contributed by atoms with E-state index in [9.17, 15) is 19.2 Å². The molecule has 5 heterocycles. The third-order valence-corrected chi connectivity index (χ3v) is 13.5. The van der Waals surface area contributed by atoms with Crippen LogP contribution in [0, 0.1) is 17.3 Å².